The Bertz CT molecular complexity index is 364. The molecule has 0 aromatic carbocycles. The highest BCUT2D eigenvalue weighted by Gasteiger charge is 2.26. The second-order valence-corrected chi connectivity index (χ2v) is 6.43. The Hall–Kier alpha value is -0.630. The fourth-order valence-electron chi connectivity index (χ4n) is 2.42. The van der Waals surface area contributed by atoms with Gasteiger partial charge in [0.2, 0.25) is 0 Å². The van der Waals surface area contributed by atoms with Gasteiger partial charge in [0.15, 0.2) is 5.78 Å². The van der Waals surface area contributed by atoms with Gasteiger partial charge in [-0.05, 0) is 44.2 Å². The average molecular weight is 236 g/mol. The van der Waals surface area contributed by atoms with Crippen molar-refractivity contribution < 1.29 is 4.79 Å². The van der Waals surface area contributed by atoms with Gasteiger partial charge in [-0.1, -0.05) is 19.8 Å². The van der Waals surface area contributed by atoms with Gasteiger partial charge in [-0.3, -0.25) is 4.79 Å². The van der Waals surface area contributed by atoms with E-state index in [0.29, 0.717) is 11.7 Å². The summed E-state index contributed by atoms with van der Waals surface area (Å²) in [4.78, 5) is 14.5. The number of ketones is 1. The van der Waals surface area contributed by atoms with Crippen molar-refractivity contribution in [3.8, 4) is 0 Å². The first kappa shape index (κ1) is 11.8. The van der Waals surface area contributed by atoms with Crippen LogP contribution in [0.4, 0.5) is 0 Å². The van der Waals surface area contributed by atoms with Gasteiger partial charge >= 0.3 is 0 Å². The predicted octanol–water partition coefficient (Wildman–Crippen LogP) is 4.37. The SMILES string of the molecule is Cc1cc(C(=O)C2CCC(C)CC2)sc1C. The molecule has 1 aliphatic rings. The highest BCUT2D eigenvalue weighted by molar-refractivity contribution is 7.14. The van der Waals surface area contributed by atoms with Gasteiger partial charge in [-0.15, -0.1) is 11.3 Å². The summed E-state index contributed by atoms with van der Waals surface area (Å²) in [5.74, 6) is 1.51. The smallest absolute Gasteiger partial charge is 0.175 e. The van der Waals surface area contributed by atoms with Gasteiger partial charge < -0.3 is 0 Å². The lowest BCUT2D eigenvalue weighted by Crippen LogP contribution is -2.20. The van der Waals surface area contributed by atoms with Crippen molar-refractivity contribution in [2.75, 3.05) is 0 Å². The van der Waals surface area contributed by atoms with Crippen molar-refractivity contribution in [3.05, 3.63) is 21.4 Å². The molecule has 1 saturated carbocycles. The molecule has 0 atom stereocenters. The summed E-state index contributed by atoms with van der Waals surface area (Å²) < 4.78 is 0. The molecule has 0 unspecified atom stereocenters. The van der Waals surface area contributed by atoms with Crippen LogP contribution < -0.4 is 0 Å². The molecular weight excluding hydrogens is 216 g/mol. The van der Waals surface area contributed by atoms with Crippen LogP contribution in [0.15, 0.2) is 6.07 Å². The van der Waals surface area contributed by atoms with Crippen LogP contribution in [0.25, 0.3) is 0 Å². The highest BCUT2D eigenvalue weighted by atomic mass is 32.1. The first-order valence-electron chi connectivity index (χ1n) is 6.19. The van der Waals surface area contributed by atoms with Crippen LogP contribution in [0.5, 0.6) is 0 Å². The molecular formula is C14H20OS. The first-order chi connectivity index (χ1) is 7.58. The number of carbonyl (C=O) groups excluding carboxylic acids is 1. The van der Waals surface area contributed by atoms with Crippen molar-refractivity contribution in [1.29, 1.82) is 0 Å². The molecule has 1 heterocycles. The van der Waals surface area contributed by atoms with Gasteiger partial charge in [0.05, 0.1) is 4.88 Å². The Morgan fingerprint density at radius 1 is 1.25 bits per heavy atom. The van der Waals surface area contributed by atoms with Crippen molar-refractivity contribution >= 4 is 17.1 Å². The standard InChI is InChI=1S/C14H20OS/c1-9-4-6-12(7-5-9)14(15)13-8-10(2)11(3)16-13/h8-9,12H,4-7H2,1-3H3. The number of hydrogen-bond acceptors (Lipinski definition) is 2. The van der Waals surface area contributed by atoms with Crippen LogP contribution in [0.1, 0.15) is 52.7 Å². The van der Waals surface area contributed by atoms with E-state index in [1.807, 2.05) is 0 Å². The Morgan fingerprint density at radius 3 is 2.38 bits per heavy atom. The zero-order valence-corrected chi connectivity index (χ0v) is 11.2. The summed E-state index contributed by atoms with van der Waals surface area (Å²) in [5, 5.41) is 0. The minimum atomic E-state index is 0.300. The van der Waals surface area contributed by atoms with E-state index in [-0.39, 0.29) is 0 Å². The Balaban J connectivity index is 2.07. The van der Waals surface area contributed by atoms with E-state index in [1.54, 1.807) is 11.3 Å². The third-order valence-electron chi connectivity index (χ3n) is 3.80. The molecule has 0 spiro atoms. The molecule has 0 N–H and O–H groups in total. The van der Waals surface area contributed by atoms with Crippen molar-refractivity contribution in [1.82, 2.24) is 0 Å². The maximum Gasteiger partial charge on any atom is 0.175 e. The van der Waals surface area contributed by atoms with E-state index < -0.39 is 0 Å². The molecule has 16 heavy (non-hydrogen) atoms. The third kappa shape index (κ3) is 2.37. The highest BCUT2D eigenvalue weighted by Crippen LogP contribution is 2.32. The Labute approximate surface area is 102 Å². The maximum atomic E-state index is 12.3. The molecule has 0 bridgehead atoms. The molecule has 0 radical (unpaired) electrons. The van der Waals surface area contributed by atoms with E-state index in [9.17, 15) is 4.79 Å². The number of aryl methyl sites for hydroxylation is 2. The number of rotatable bonds is 2. The van der Waals surface area contributed by atoms with Crippen LogP contribution in [0, 0.1) is 25.7 Å². The summed E-state index contributed by atoms with van der Waals surface area (Å²) in [6.45, 7) is 6.48. The molecule has 0 aliphatic heterocycles. The van der Waals surface area contributed by atoms with Crippen LogP contribution in [0.3, 0.4) is 0 Å². The molecule has 2 rings (SSSR count). The van der Waals surface area contributed by atoms with Gasteiger partial charge in [-0.25, -0.2) is 0 Å². The van der Waals surface area contributed by atoms with Crippen LogP contribution in [0.2, 0.25) is 0 Å². The number of carbonyl (C=O) groups is 1. The van der Waals surface area contributed by atoms with E-state index >= 15 is 0 Å². The lowest BCUT2D eigenvalue weighted by molar-refractivity contribution is 0.0880. The molecule has 1 aliphatic carbocycles. The number of Topliss-reactive ketones (excluding diaryl/α,β-unsaturated/α-hetero) is 1. The first-order valence-corrected chi connectivity index (χ1v) is 7.01. The van der Waals surface area contributed by atoms with Gasteiger partial charge in [0.1, 0.15) is 0 Å². The predicted molar refractivity (Wildman–Crippen MR) is 69.2 cm³/mol. The summed E-state index contributed by atoms with van der Waals surface area (Å²) in [7, 11) is 0. The van der Waals surface area contributed by atoms with Crippen molar-refractivity contribution in [2.45, 2.75) is 46.5 Å². The topological polar surface area (TPSA) is 17.1 Å². The average Bonchev–Trinajstić information content (AvgIpc) is 2.59. The summed E-state index contributed by atoms with van der Waals surface area (Å²) in [6, 6.07) is 2.07. The summed E-state index contributed by atoms with van der Waals surface area (Å²) in [6.07, 6.45) is 4.63. The summed E-state index contributed by atoms with van der Waals surface area (Å²) in [5.41, 5.74) is 1.26. The summed E-state index contributed by atoms with van der Waals surface area (Å²) >= 11 is 1.67. The second-order valence-electron chi connectivity index (χ2n) is 5.17. The second kappa shape index (κ2) is 4.70. The maximum absolute atomic E-state index is 12.3. The molecule has 0 amide bonds. The van der Waals surface area contributed by atoms with Crippen molar-refractivity contribution in [2.24, 2.45) is 11.8 Å². The minimum absolute atomic E-state index is 0.300. The monoisotopic (exact) mass is 236 g/mol. The Morgan fingerprint density at radius 2 is 1.88 bits per heavy atom. The quantitative estimate of drug-likeness (QED) is 0.697. The molecule has 1 aromatic heterocycles. The molecule has 1 nitrogen and oxygen atoms in total. The minimum Gasteiger partial charge on any atom is -0.293 e. The largest absolute Gasteiger partial charge is 0.293 e. The van der Waals surface area contributed by atoms with E-state index in [2.05, 4.69) is 26.8 Å². The van der Waals surface area contributed by atoms with Gasteiger partial charge in [0, 0.05) is 10.8 Å². The normalized spacial score (nSPS) is 25.7. The Kier molecular flexibility index (Phi) is 3.48. The molecule has 1 fully saturated rings. The van der Waals surface area contributed by atoms with E-state index in [0.717, 1.165) is 23.6 Å². The molecule has 2 heteroatoms. The van der Waals surface area contributed by atoms with E-state index in [1.165, 1.54) is 23.3 Å². The van der Waals surface area contributed by atoms with Crippen LogP contribution in [-0.2, 0) is 0 Å². The zero-order chi connectivity index (χ0) is 11.7. The number of hydrogen-bond donors (Lipinski definition) is 0. The lowest BCUT2D eigenvalue weighted by atomic mass is 9.80. The van der Waals surface area contributed by atoms with Crippen molar-refractivity contribution in [3.63, 3.8) is 0 Å². The van der Waals surface area contributed by atoms with Crippen LogP contribution in [-0.4, -0.2) is 5.78 Å². The van der Waals surface area contributed by atoms with Crippen LogP contribution >= 0.6 is 11.3 Å². The van der Waals surface area contributed by atoms with Gasteiger partial charge in [0.25, 0.3) is 0 Å². The number of thiophene rings is 1. The zero-order valence-electron chi connectivity index (χ0n) is 10.4. The fraction of sp³-hybridized carbons (Fsp3) is 0.643. The molecule has 0 saturated heterocycles. The van der Waals surface area contributed by atoms with Gasteiger partial charge in [-0.2, -0.15) is 0 Å². The lowest BCUT2D eigenvalue weighted by Gasteiger charge is -2.24. The third-order valence-corrected chi connectivity index (χ3v) is 4.96. The van der Waals surface area contributed by atoms with E-state index in [4.69, 9.17) is 0 Å². The fourth-order valence-corrected chi connectivity index (χ4v) is 3.47. The molecule has 1 aromatic rings. The molecule has 88 valence electrons.